The van der Waals surface area contributed by atoms with E-state index in [0.29, 0.717) is 6.42 Å². The molecule has 0 amide bonds. The van der Waals surface area contributed by atoms with Crippen molar-refractivity contribution in [2.45, 2.75) is 19.4 Å². The van der Waals surface area contributed by atoms with E-state index in [1.807, 2.05) is 20.0 Å². The molecule has 0 fully saturated rings. The highest BCUT2D eigenvalue weighted by atomic mass is 79.9. The number of hydrazine groups is 1. The van der Waals surface area contributed by atoms with Gasteiger partial charge in [-0.15, -0.1) is 0 Å². The molecule has 2 rings (SSSR count). The van der Waals surface area contributed by atoms with Crippen LogP contribution in [0.25, 0.3) is 0 Å². The highest BCUT2D eigenvalue weighted by Gasteiger charge is 2.16. The summed E-state index contributed by atoms with van der Waals surface area (Å²) in [6.07, 6.45) is 0.649. The van der Waals surface area contributed by atoms with Crippen LogP contribution in [0.15, 0.2) is 28.7 Å². The molecule has 1 heterocycles. The van der Waals surface area contributed by atoms with E-state index in [4.69, 9.17) is 5.84 Å². The van der Waals surface area contributed by atoms with Crippen LogP contribution in [0.2, 0.25) is 0 Å². The van der Waals surface area contributed by atoms with Crippen LogP contribution in [-0.2, 0) is 13.5 Å². The van der Waals surface area contributed by atoms with Crippen molar-refractivity contribution in [3.8, 4) is 0 Å². The molecule has 0 saturated carbocycles. The summed E-state index contributed by atoms with van der Waals surface area (Å²) in [5.41, 5.74) is 5.71. The van der Waals surface area contributed by atoms with Gasteiger partial charge in [-0.3, -0.25) is 16.0 Å². The molecule has 0 spiro atoms. The SMILES string of the molecule is Cc1cc(C(Cc2ccc(F)cc2Br)NN)n(C)n1. The fourth-order valence-electron chi connectivity index (χ4n) is 2.11. The van der Waals surface area contributed by atoms with E-state index in [0.717, 1.165) is 21.4 Å². The largest absolute Gasteiger partial charge is 0.271 e. The third-order valence-corrected chi connectivity index (χ3v) is 3.77. The summed E-state index contributed by atoms with van der Waals surface area (Å²) >= 11 is 3.37. The van der Waals surface area contributed by atoms with Crippen molar-refractivity contribution in [2.75, 3.05) is 0 Å². The number of rotatable bonds is 4. The Hall–Kier alpha value is -1.24. The molecule has 0 saturated heterocycles. The van der Waals surface area contributed by atoms with Gasteiger partial charge in [-0.25, -0.2) is 4.39 Å². The summed E-state index contributed by atoms with van der Waals surface area (Å²) in [6, 6.07) is 6.57. The van der Waals surface area contributed by atoms with Gasteiger partial charge >= 0.3 is 0 Å². The molecule has 0 aliphatic heterocycles. The minimum absolute atomic E-state index is 0.0760. The zero-order chi connectivity index (χ0) is 14.0. The van der Waals surface area contributed by atoms with E-state index < -0.39 is 0 Å². The standard InChI is InChI=1S/C13H16BrFN4/c1-8-5-13(19(2)18-8)12(17-16)6-9-3-4-10(15)7-11(9)14/h3-5,7,12,17H,6,16H2,1-2H3. The number of nitrogens with zero attached hydrogens (tertiary/aromatic N) is 2. The lowest BCUT2D eigenvalue weighted by Crippen LogP contribution is -2.31. The average molecular weight is 327 g/mol. The summed E-state index contributed by atoms with van der Waals surface area (Å²) < 4.78 is 15.6. The zero-order valence-electron chi connectivity index (χ0n) is 10.8. The van der Waals surface area contributed by atoms with Gasteiger partial charge in [-0.1, -0.05) is 22.0 Å². The van der Waals surface area contributed by atoms with Gasteiger partial charge in [-0.2, -0.15) is 5.10 Å². The van der Waals surface area contributed by atoms with Gasteiger partial charge in [0.2, 0.25) is 0 Å². The lowest BCUT2D eigenvalue weighted by Gasteiger charge is -2.17. The quantitative estimate of drug-likeness (QED) is 0.670. The van der Waals surface area contributed by atoms with E-state index in [1.165, 1.54) is 12.1 Å². The topological polar surface area (TPSA) is 55.9 Å². The number of nitrogens with one attached hydrogen (secondary N) is 1. The van der Waals surface area contributed by atoms with Crippen LogP contribution in [0.1, 0.15) is 23.0 Å². The van der Waals surface area contributed by atoms with Gasteiger partial charge in [0.15, 0.2) is 0 Å². The van der Waals surface area contributed by atoms with Crippen molar-refractivity contribution in [2.24, 2.45) is 12.9 Å². The second kappa shape index (κ2) is 5.81. The first kappa shape index (κ1) is 14.2. The number of benzene rings is 1. The fraction of sp³-hybridized carbons (Fsp3) is 0.308. The third-order valence-electron chi connectivity index (χ3n) is 3.04. The minimum atomic E-state index is -0.260. The predicted molar refractivity (Wildman–Crippen MR) is 75.8 cm³/mol. The van der Waals surface area contributed by atoms with Crippen LogP contribution in [0, 0.1) is 12.7 Å². The maximum Gasteiger partial charge on any atom is 0.124 e. The smallest absolute Gasteiger partial charge is 0.124 e. The first-order valence-electron chi connectivity index (χ1n) is 5.92. The van der Waals surface area contributed by atoms with Gasteiger partial charge in [0.05, 0.1) is 17.4 Å². The van der Waals surface area contributed by atoms with Crippen LogP contribution in [0.3, 0.4) is 0 Å². The second-order valence-electron chi connectivity index (χ2n) is 4.49. The molecule has 0 radical (unpaired) electrons. The third kappa shape index (κ3) is 3.20. The van der Waals surface area contributed by atoms with Crippen molar-refractivity contribution in [1.82, 2.24) is 15.2 Å². The molecule has 102 valence electrons. The highest BCUT2D eigenvalue weighted by molar-refractivity contribution is 9.10. The number of aromatic nitrogens is 2. The number of halogens is 2. The summed E-state index contributed by atoms with van der Waals surface area (Å²) in [6.45, 7) is 1.94. The van der Waals surface area contributed by atoms with Crippen LogP contribution in [-0.4, -0.2) is 9.78 Å². The number of hydrogen-bond donors (Lipinski definition) is 2. The lowest BCUT2D eigenvalue weighted by atomic mass is 10.0. The van der Waals surface area contributed by atoms with E-state index >= 15 is 0 Å². The monoisotopic (exact) mass is 326 g/mol. The van der Waals surface area contributed by atoms with E-state index in [-0.39, 0.29) is 11.9 Å². The Morgan fingerprint density at radius 1 is 1.47 bits per heavy atom. The summed E-state index contributed by atoms with van der Waals surface area (Å²) in [4.78, 5) is 0. The lowest BCUT2D eigenvalue weighted by molar-refractivity contribution is 0.507. The first-order chi connectivity index (χ1) is 9.01. The van der Waals surface area contributed by atoms with Crippen LogP contribution < -0.4 is 11.3 Å². The number of aryl methyl sites for hydroxylation is 2. The Balaban J connectivity index is 2.26. The highest BCUT2D eigenvalue weighted by Crippen LogP contribution is 2.24. The molecule has 2 aromatic rings. The van der Waals surface area contributed by atoms with Gasteiger partial charge in [-0.05, 0) is 37.1 Å². The van der Waals surface area contributed by atoms with Crippen molar-refractivity contribution < 1.29 is 4.39 Å². The summed E-state index contributed by atoms with van der Waals surface area (Å²) in [5, 5.41) is 4.31. The Morgan fingerprint density at radius 2 is 2.21 bits per heavy atom. The first-order valence-corrected chi connectivity index (χ1v) is 6.71. The van der Waals surface area contributed by atoms with Crippen LogP contribution >= 0.6 is 15.9 Å². The maximum atomic E-state index is 13.1. The molecule has 4 nitrogen and oxygen atoms in total. The molecule has 0 aliphatic rings. The Morgan fingerprint density at radius 3 is 2.74 bits per heavy atom. The zero-order valence-corrected chi connectivity index (χ0v) is 12.4. The van der Waals surface area contributed by atoms with Crippen LogP contribution in [0.4, 0.5) is 4.39 Å². The molecule has 1 aromatic heterocycles. The molecule has 1 aromatic carbocycles. The molecule has 0 aliphatic carbocycles. The summed E-state index contributed by atoms with van der Waals surface area (Å²) in [5.74, 6) is 5.37. The molecular formula is C13H16BrFN4. The van der Waals surface area contributed by atoms with Gasteiger partial charge in [0.1, 0.15) is 5.82 Å². The molecule has 1 unspecified atom stereocenters. The molecule has 1 atom stereocenters. The van der Waals surface area contributed by atoms with Crippen LogP contribution in [0.5, 0.6) is 0 Å². The van der Waals surface area contributed by atoms with Crippen molar-refractivity contribution >= 4 is 15.9 Å². The van der Waals surface area contributed by atoms with E-state index in [1.54, 1.807) is 10.7 Å². The van der Waals surface area contributed by atoms with Gasteiger partial charge in [0.25, 0.3) is 0 Å². The van der Waals surface area contributed by atoms with E-state index in [2.05, 4.69) is 26.5 Å². The van der Waals surface area contributed by atoms with E-state index in [9.17, 15) is 4.39 Å². The summed E-state index contributed by atoms with van der Waals surface area (Å²) in [7, 11) is 1.88. The molecular weight excluding hydrogens is 311 g/mol. The normalized spacial score (nSPS) is 12.7. The van der Waals surface area contributed by atoms with Gasteiger partial charge in [0, 0.05) is 11.5 Å². The molecule has 19 heavy (non-hydrogen) atoms. The molecule has 3 N–H and O–H groups in total. The second-order valence-corrected chi connectivity index (χ2v) is 5.35. The fourth-order valence-corrected chi connectivity index (χ4v) is 2.63. The van der Waals surface area contributed by atoms with Crippen molar-refractivity contribution in [3.05, 3.63) is 51.5 Å². The molecule has 6 heteroatoms. The Labute approximate surface area is 119 Å². The predicted octanol–water partition coefficient (Wildman–Crippen LogP) is 2.38. The number of hydrogen-bond acceptors (Lipinski definition) is 3. The number of nitrogens with two attached hydrogens (primary N) is 1. The average Bonchev–Trinajstić information content (AvgIpc) is 2.68. The maximum absolute atomic E-state index is 13.1. The molecule has 0 bridgehead atoms. The van der Waals surface area contributed by atoms with Crippen molar-refractivity contribution in [1.29, 1.82) is 0 Å². The minimum Gasteiger partial charge on any atom is -0.271 e. The van der Waals surface area contributed by atoms with Gasteiger partial charge < -0.3 is 0 Å². The Bertz CT molecular complexity index is 582. The van der Waals surface area contributed by atoms with Crippen molar-refractivity contribution in [3.63, 3.8) is 0 Å². The Kier molecular flexibility index (Phi) is 4.34.